The summed E-state index contributed by atoms with van der Waals surface area (Å²) in [5, 5.41) is 10.5. The van der Waals surface area contributed by atoms with Gasteiger partial charge in [0.2, 0.25) is 0 Å². The number of hydrogen-bond donors (Lipinski definition) is 1. The van der Waals surface area contributed by atoms with Crippen LogP contribution in [0, 0.1) is 0 Å². The molecule has 0 aliphatic rings. The molecule has 1 unspecified atom stereocenters. The predicted octanol–water partition coefficient (Wildman–Crippen LogP) is 1.57. The van der Waals surface area contributed by atoms with Gasteiger partial charge in [-0.15, -0.1) is 0 Å². The summed E-state index contributed by atoms with van der Waals surface area (Å²) in [7, 11) is 5.94. The third-order valence-electron chi connectivity index (χ3n) is 3.73. The van der Waals surface area contributed by atoms with E-state index in [1.54, 1.807) is 6.20 Å². The van der Waals surface area contributed by atoms with Crippen LogP contribution in [0.25, 0.3) is 0 Å². The molecule has 0 radical (unpaired) electrons. The summed E-state index contributed by atoms with van der Waals surface area (Å²) < 4.78 is 1.88. The van der Waals surface area contributed by atoms with Gasteiger partial charge >= 0.3 is 0 Å². The number of likely N-dealkylation sites (N-methyl/N-ethyl adjacent to an activating group) is 1. The van der Waals surface area contributed by atoms with Crippen LogP contribution in [0.2, 0.25) is 0 Å². The van der Waals surface area contributed by atoms with E-state index in [0.717, 1.165) is 18.7 Å². The minimum atomic E-state index is -0.558. The zero-order valence-corrected chi connectivity index (χ0v) is 10.9. The summed E-state index contributed by atoms with van der Waals surface area (Å²) in [6, 6.07) is 0. The van der Waals surface area contributed by atoms with Crippen LogP contribution in [0.5, 0.6) is 0 Å². The number of aryl methyl sites for hydroxylation is 1. The van der Waals surface area contributed by atoms with Crippen molar-refractivity contribution in [3.05, 3.63) is 18.2 Å². The second-order valence-electron chi connectivity index (χ2n) is 4.50. The van der Waals surface area contributed by atoms with E-state index < -0.39 is 6.10 Å². The van der Waals surface area contributed by atoms with E-state index in [4.69, 9.17) is 0 Å². The minimum absolute atomic E-state index is 0.237. The van der Waals surface area contributed by atoms with Crippen LogP contribution in [0.4, 0.5) is 0 Å². The lowest BCUT2D eigenvalue weighted by Gasteiger charge is -2.42. The topological polar surface area (TPSA) is 41.3 Å². The van der Waals surface area contributed by atoms with Crippen molar-refractivity contribution < 1.29 is 5.11 Å². The molecule has 0 bridgehead atoms. The number of imidazole rings is 1. The molecule has 4 nitrogen and oxygen atoms in total. The van der Waals surface area contributed by atoms with Crippen LogP contribution in [-0.4, -0.2) is 39.2 Å². The zero-order chi connectivity index (χ0) is 12.3. The van der Waals surface area contributed by atoms with Gasteiger partial charge in [-0.2, -0.15) is 0 Å². The molecule has 0 amide bonds. The molecule has 1 heterocycles. The largest absolute Gasteiger partial charge is 0.383 e. The lowest BCUT2D eigenvalue weighted by molar-refractivity contribution is -0.0213. The zero-order valence-electron chi connectivity index (χ0n) is 10.9. The van der Waals surface area contributed by atoms with Crippen molar-refractivity contribution in [3.8, 4) is 0 Å². The Kier molecular flexibility index (Phi) is 4.10. The lowest BCUT2D eigenvalue weighted by Crippen LogP contribution is -2.49. The van der Waals surface area contributed by atoms with Gasteiger partial charge in [0.25, 0.3) is 0 Å². The number of aliphatic hydroxyl groups excluding tert-OH is 1. The van der Waals surface area contributed by atoms with Crippen LogP contribution in [0.15, 0.2) is 12.4 Å². The standard InChI is InChI=1S/C12H23N3O/c1-6-12(7-2,14(3)4)10(16)11-13-8-9-15(11)5/h8-10,16H,6-7H2,1-5H3. The Hall–Kier alpha value is -0.870. The molecule has 0 spiro atoms. The number of nitrogens with zero attached hydrogens (tertiary/aromatic N) is 3. The molecule has 1 aromatic heterocycles. The van der Waals surface area contributed by atoms with Crippen molar-refractivity contribution in [2.75, 3.05) is 14.1 Å². The SMILES string of the molecule is CCC(CC)(C(O)c1nccn1C)N(C)C. The first kappa shape index (κ1) is 13.2. The Labute approximate surface area is 97.9 Å². The monoisotopic (exact) mass is 225 g/mol. The molecule has 0 saturated heterocycles. The van der Waals surface area contributed by atoms with Crippen molar-refractivity contribution in [3.63, 3.8) is 0 Å². The molecule has 0 aromatic carbocycles. The molecule has 16 heavy (non-hydrogen) atoms. The summed E-state index contributed by atoms with van der Waals surface area (Å²) in [6.45, 7) is 4.21. The van der Waals surface area contributed by atoms with E-state index in [2.05, 4.69) is 23.7 Å². The van der Waals surface area contributed by atoms with Gasteiger partial charge in [0, 0.05) is 19.4 Å². The van der Waals surface area contributed by atoms with Crippen molar-refractivity contribution in [1.82, 2.24) is 14.5 Å². The highest BCUT2D eigenvalue weighted by atomic mass is 16.3. The summed E-state index contributed by atoms with van der Waals surface area (Å²) in [5.41, 5.74) is -0.237. The van der Waals surface area contributed by atoms with Gasteiger partial charge in [-0.25, -0.2) is 4.98 Å². The van der Waals surface area contributed by atoms with E-state index in [1.807, 2.05) is 31.9 Å². The second kappa shape index (κ2) is 4.97. The summed E-state index contributed by atoms with van der Waals surface area (Å²) >= 11 is 0. The van der Waals surface area contributed by atoms with Crippen molar-refractivity contribution in [2.24, 2.45) is 7.05 Å². The first-order valence-corrected chi connectivity index (χ1v) is 5.82. The fraction of sp³-hybridized carbons (Fsp3) is 0.750. The lowest BCUT2D eigenvalue weighted by atomic mass is 9.84. The van der Waals surface area contributed by atoms with Gasteiger partial charge < -0.3 is 14.6 Å². The van der Waals surface area contributed by atoms with Gasteiger partial charge in [-0.3, -0.25) is 0 Å². The van der Waals surface area contributed by atoms with E-state index in [0.29, 0.717) is 0 Å². The van der Waals surface area contributed by atoms with Crippen LogP contribution in [0.3, 0.4) is 0 Å². The number of rotatable bonds is 5. The fourth-order valence-electron chi connectivity index (χ4n) is 2.39. The van der Waals surface area contributed by atoms with Crippen molar-refractivity contribution in [2.45, 2.75) is 38.3 Å². The third kappa shape index (κ3) is 1.99. The average Bonchev–Trinajstić information content (AvgIpc) is 2.66. The van der Waals surface area contributed by atoms with E-state index in [-0.39, 0.29) is 5.54 Å². The van der Waals surface area contributed by atoms with Gasteiger partial charge in [0.05, 0.1) is 5.54 Å². The predicted molar refractivity (Wildman–Crippen MR) is 65.2 cm³/mol. The molecule has 0 aliphatic carbocycles. The van der Waals surface area contributed by atoms with Gasteiger partial charge in [0.1, 0.15) is 11.9 Å². The first-order valence-electron chi connectivity index (χ1n) is 5.82. The second-order valence-corrected chi connectivity index (χ2v) is 4.50. The Morgan fingerprint density at radius 2 is 2.00 bits per heavy atom. The highest BCUT2D eigenvalue weighted by Crippen LogP contribution is 2.34. The molecule has 0 aliphatic heterocycles. The van der Waals surface area contributed by atoms with Gasteiger partial charge in [-0.1, -0.05) is 13.8 Å². The molecule has 92 valence electrons. The summed E-state index contributed by atoms with van der Waals surface area (Å²) in [6.07, 6.45) is 4.82. The quantitative estimate of drug-likeness (QED) is 0.827. The van der Waals surface area contributed by atoms with Crippen LogP contribution < -0.4 is 0 Å². The van der Waals surface area contributed by atoms with Crippen LogP contribution in [0.1, 0.15) is 38.6 Å². The van der Waals surface area contributed by atoms with E-state index in [9.17, 15) is 5.11 Å². The maximum absolute atomic E-state index is 10.5. The molecular weight excluding hydrogens is 202 g/mol. The average molecular weight is 225 g/mol. The number of aromatic nitrogens is 2. The highest BCUT2D eigenvalue weighted by molar-refractivity contribution is 5.06. The van der Waals surface area contributed by atoms with E-state index in [1.165, 1.54) is 0 Å². The molecule has 0 saturated carbocycles. The molecule has 1 atom stereocenters. The Morgan fingerprint density at radius 1 is 1.44 bits per heavy atom. The Bertz CT molecular complexity index is 329. The molecule has 1 rings (SSSR count). The Morgan fingerprint density at radius 3 is 2.31 bits per heavy atom. The van der Waals surface area contributed by atoms with Crippen LogP contribution in [-0.2, 0) is 7.05 Å². The normalized spacial score (nSPS) is 14.4. The fourth-order valence-corrected chi connectivity index (χ4v) is 2.39. The van der Waals surface area contributed by atoms with Gasteiger partial charge in [-0.05, 0) is 26.9 Å². The first-order chi connectivity index (χ1) is 7.49. The summed E-state index contributed by atoms with van der Waals surface area (Å²) in [5.74, 6) is 0.734. The van der Waals surface area contributed by atoms with E-state index >= 15 is 0 Å². The van der Waals surface area contributed by atoms with Crippen molar-refractivity contribution in [1.29, 1.82) is 0 Å². The van der Waals surface area contributed by atoms with Crippen LogP contribution >= 0.6 is 0 Å². The smallest absolute Gasteiger partial charge is 0.139 e. The minimum Gasteiger partial charge on any atom is -0.383 e. The van der Waals surface area contributed by atoms with Crippen molar-refractivity contribution >= 4 is 0 Å². The number of hydrogen-bond acceptors (Lipinski definition) is 3. The molecular formula is C12H23N3O. The van der Waals surface area contributed by atoms with Gasteiger partial charge in [0.15, 0.2) is 0 Å². The maximum Gasteiger partial charge on any atom is 0.139 e. The Balaban J connectivity index is 3.09. The molecule has 0 fully saturated rings. The summed E-state index contributed by atoms with van der Waals surface area (Å²) in [4.78, 5) is 6.35. The molecule has 1 aromatic rings. The molecule has 4 heteroatoms. The third-order valence-corrected chi connectivity index (χ3v) is 3.73. The number of aliphatic hydroxyl groups is 1. The molecule has 1 N–H and O–H groups in total. The highest BCUT2D eigenvalue weighted by Gasteiger charge is 2.39. The maximum atomic E-state index is 10.5.